The minimum atomic E-state index is -4.24. The molecule has 25 heteroatoms. The van der Waals surface area contributed by atoms with Crippen molar-refractivity contribution in [2.45, 2.75) is 123 Å². The Morgan fingerprint density at radius 1 is 0.685 bits per heavy atom. The lowest BCUT2D eigenvalue weighted by Crippen LogP contribution is -2.40. The number of benzene rings is 2. The lowest BCUT2D eigenvalue weighted by molar-refractivity contribution is -0.176. The van der Waals surface area contributed by atoms with Gasteiger partial charge in [0.15, 0.2) is 9.84 Å². The fraction of sp³-hybridized carbons (Fsp3) is 0.458. The topological polar surface area (TPSA) is 203 Å². The number of hydrogen-bond acceptors (Lipinski definition) is 11. The molecule has 396 valence electrons. The van der Waals surface area contributed by atoms with E-state index in [1.54, 1.807) is 18.2 Å². The molecule has 4 aromatic rings. The molecule has 8 rings (SSSR count). The highest BCUT2D eigenvalue weighted by Gasteiger charge is 2.47. The van der Waals surface area contributed by atoms with E-state index in [1.807, 2.05) is 0 Å². The minimum Gasteiger partial charge on any atom is -0.480 e. The summed E-state index contributed by atoms with van der Waals surface area (Å²) in [5, 5.41) is 7.69. The summed E-state index contributed by atoms with van der Waals surface area (Å²) in [6, 6.07) is 10.1. The number of carboxylic acids is 1. The normalized spacial score (nSPS) is 23.8. The minimum absolute atomic E-state index is 0.0247. The Hall–Kier alpha value is -5.66. The highest BCUT2D eigenvalue weighted by Crippen LogP contribution is 2.41. The largest absolute Gasteiger partial charge is 0.480 e. The van der Waals surface area contributed by atoms with E-state index >= 15 is 0 Å². The number of nitrogens with zero attached hydrogens (tertiary/aromatic N) is 5. The Balaban J connectivity index is 0.000000197. The van der Waals surface area contributed by atoms with Crippen molar-refractivity contribution in [3.63, 3.8) is 0 Å². The molecule has 3 unspecified atom stereocenters. The van der Waals surface area contributed by atoms with Crippen molar-refractivity contribution in [3.8, 4) is 0 Å². The second-order valence-corrected chi connectivity index (χ2v) is 21.9. The molecule has 3 aliphatic carbocycles. The van der Waals surface area contributed by atoms with E-state index in [0.717, 1.165) is 54.1 Å². The average molecular weight is 1080 g/mol. The first-order valence-electron chi connectivity index (χ1n) is 22.9. The van der Waals surface area contributed by atoms with E-state index < -0.39 is 104 Å². The van der Waals surface area contributed by atoms with Crippen molar-refractivity contribution in [1.82, 2.24) is 24.2 Å². The van der Waals surface area contributed by atoms with Gasteiger partial charge in [-0.3, -0.25) is 9.59 Å². The van der Waals surface area contributed by atoms with Gasteiger partial charge in [-0.05, 0) is 130 Å². The maximum Gasteiger partial charge on any atom is 0.392 e. The Labute approximate surface area is 414 Å². The van der Waals surface area contributed by atoms with Crippen molar-refractivity contribution < 1.29 is 75.4 Å². The summed E-state index contributed by atoms with van der Waals surface area (Å²) in [4.78, 5) is 39.8. The number of aromatic nitrogens is 4. The molecule has 2 aromatic heterocycles. The molecule has 3 heterocycles. The summed E-state index contributed by atoms with van der Waals surface area (Å²) >= 11 is 0. The number of aliphatic carboxylic acids is 1. The molecule has 13 nitrogen and oxygen atoms in total. The summed E-state index contributed by atoms with van der Waals surface area (Å²) in [6.07, 6.45) is -5.63. The second-order valence-electron chi connectivity index (χ2n) is 17.9. The summed E-state index contributed by atoms with van der Waals surface area (Å²) in [7, 11) is -8.18. The summed E-state index contributed by atoms with van der Waals surface area (Å²) in [5.41, 5.74) is 9.37. The van der Waals surface area contributed by atoms with Crippen LogP contribution in [0.3, 0.4) is 0 Å². The number of carbonyl (C=O) groups is 2. The highest BCUT2D eigenvalue weighted by atomic mass is 32.2. The molecular formula is C48H50F10N6O7S2. The van der Waals surface area contributed by atoms with Gasteiger partial charge in [0.05, 0.1) is 44.0 Å². The van der Waals surface area contributed by atoms with Crippen LogP contribution in [0.5, 0.6) is 0 Å². The number of aryl methyl sites for hydroxylation is 1. The van der Waals surface area contributed by atoms with Crippen LogP contribution in [0.2, 0.25) is 0 Å². The monoisotopic (exact) mass is 1080 g/mol. The van der Waals surface area contributed by atoms with Crippen LogP contribution in [0.15, 0.2) is 95.3 Å². The molecule has 3 N–H and O–H groups in total. The summed E-state index contributed by atoms with van der Waals surface area (Å²) < 4.78 is 181. The van der Waals surface area contributed by atoms with E-state index in [9.17, 15) is 70.3 Å². The lowest BCUT2D eigenvalue weighted by Gasteiger charge is -2.24. The number of sulfonamides is 1. The molecule has 4 aliphatic rings. The Morgan fingerprint density at radius 3 is 1.64 bits per heavy atom. The van der Waals surface area contributed by atoms with Gasteiger partial charge in [-0.15, -0.1) is 0 Å². The van der Waals surface area contributed by atoms with Gasteiger partial charge < -0.3 is 10.8 Å². The van der Waals surface area contributed by atoms with Crippen LogP contribution in [0.4, 0.5) is 43.9 Å². The molecule has 2 fully saturated rings. The quantitative estimate of drug-likeness (QED) is 0.101. The van der Waals surface area contributed by atoms with E-state index in [4.69, 9.17) is 10.8 Å². The van der Waals surface area contributed by atoms with Gasteiger partial charge in [0.25, 0.3) is 0 Å². The van der Waals surface area contributed by atoms with Crippen molar-refractivity contribution >= 4 is 42.8 Å². The number of rotatable bonds is 12. The molecule has 1 aliphatic heterocycles. The molecule has 7 atom stereocenters. The maximum absolute atomic E-state index is 14.2. The van der Waals surface area contributed by atoms with Gasteiger partial charge in [-0.1, -0.05) is 12.2 Å². The third kappa shape index (κ3) is 14.6. The second kappa shape index (κ2) is 23.7. The number of carbonyl (C=O) groups excluding carboxylic acids is 1. The standard InChI is InChI=1S/C25H25F5N2O3S.C12H14F3N3.C11H11F2NO4S/c26-17-5-8-20(9-6-17)36(34,35)24-12-18(27)11-21(24)23(33)10-7-19-13-22(32-14-31-19)15-1-3-16(4-2-15)25(28,29)30;13-12(14,15)9-3-1-8(2-4-9)11-5-10(6-16)17-7-18-11;12-7-1-3-9(4-2-7)19(17,18)14-6-8(13)5-10(14)11(15)16/h1,5-6,8-9,13-14,16,18,21,24H,2-4,7,10-12H2;1,5,7,9H,2-4,6,16H2;1-4,8,10H,5-6H2,(H,15,16)/t16?,18-,21+,24?;;8-,10+/m1.1/s1. The van der Waals surface area contributed by atoms with Crippen LogP contribution in [0, 0.1) is 29.4 Å². The molecule has 0 spiro atoms. The predicted octanol–water partition coefficient (Wildman–Crippen LogP) is 9.15. The third-order valence-electron chi connectivity index (χ3n) is 13.0. The fourth-order valence-corrected chi connectivity index (χ4v) is 12.6. The van der Waals surface area contributed by atoms with Gasteiger partial charge in [0, 0.05) is 37.5 Å². The van der Waals surface area contributed by atoms with Crippen LogP contribution in [0.25, 0.3) is 11.1 Å². The van der Waals surface area contributed by atoms with Crippen LogP contribution in [0.1, 0.15) is 87.0 Å². The van der Waals surface area contributed by atoms with Gasteiger partial charge in [0.2, 0.25) is 10.0 Å². The first-order chi connectivity index (χ1) is 34.3. The number of nitrogens with two attached hydrogens (primary N) is 1. The smallest absolute Gasteiger partial charge is 0.392 e. The van der Waals surface area contributed by atoms with Crippen LogP contribution >= 0.6 is 0 Å². The molecule has 0 amide bonds. The zero-order chi connectivity index (χ0) is 53.5. The molecular weight excluding hydrogens is 1030 g/mol. The zero-order valence-corrected chi connectivity index (χ0v) is 40.3. The van der Waals surface area contributed by atoms with Crippen LogP contribution in [-0.2, 0) is 42.4 Å². The van der Waals surface area contributed by atoms with Crippen molar-refractivity contribution in [2.75, 3.05) is 6.54 Å². The van der Waals surface area contributed by atoms with E-state index in [1.165, 1.54) is 18.7 Å². The van der Waals surface area contributed by atoms with Crippen molar-refractivity contribution in [2.24, 2.45) is 23.5 Å². The number of carboxylic acid groups (broad SMARTS) is 1. The molecule has 1 saturated carbocycles. The summed E-state index contributed by atoms with van der Waals surface area (Å²) in [6.45, 7) is -0.204. The van der Waals surface area contributed by atoms with Gasteiger partial charge in [0.1, 0.15) is 48.5 Å². The molecule has 0 radical (unpaired) electrons. The number of ketones is 1. The van der Waals surface area contributed by atoms with Crippen LogP contribution in [-0.4, -0.2) is 100 Å². The third-order valence-corrected chi connectivity index (χ3v) is 17.1. The molecule has 0 bridgehead atoms. The number of alkyl halides is 8. The van der Waals surface area contributed by atoms with Crippen molar-refractivity contribution in [1.29, 1.82) is 0 Å². The fourth-order valence-electron chi connectivity index (χ4n) is 8.97. The number of allylic oxidation sites excluding steroid dienone is 4. The number of halogens is 10. The Morgan fingerprint density at radius 2 is 1.18 bits per heavy atom. The van der Waals surface area contributed by atoms with Gasteiger partial charge in [-0.2, -0.15) is 30.6 Å². The molecule has 73 heavy (non-hydrogen) atoms. The lowest BCUT2D eigenvalue weighted by atomic mass is 9.87. The SMILES string of the molecule is NCc1cc(C2=CCC(C(F)(F)F)CC2)ncn1.O=C(CCc1cc(C2=CCC(C(F)(F)F)CC2)ncn1)[C@@H]1C[C@@H](F)CC1S(=O)(=O)c1ccc(F)cc1.O=C(O)[C@@H]1C[C@@H](F)CN1S(=O)(=O)c1ccc(F)cc1. The van der Waals surface area contributed by atoms with E-state index in [-0.39, 0.29) is 74.0 Å². The van der Waals surface area contributed by atoms with E-state index in [0.29, 0.717) is 45.6 Å². The molecule has 2 aromatic carbocycles. The first-order valence-corrected chi connectivity index (χ1v) is 25.9. The maximum atomic E-state index is 14.2. The zero-order valence-electron chi connectivity index (χ0n) is 38.6. The number of sulfone groups is 1. The Kier molecular flexibility index (Phi) is 18.4. The predicted molar refractivity (Wildman–Crippen MR) is 244 cm³/mol. The molecule has 1 saturated heterocycles. The van der Waals surface area contributed by atoms with E-state index in [2.05, 4.69) is 19.9 Å². The average Bonchev–Trinajstić information content (AvgIpc) is 3.97. The van der Waals surface area contributed by atoms with Crippen molar-refractivity contribution in [3.05, 3.63) is 120 Å². The summed E-state index contributed by atoms with van der Waals surface area (Å²) in [5.74, 6) is -6.65. The highest BCUT2D eigenvalue weighted by molar-refractivity contribution is 7.92. The number of hydrogen-bond donors (Lipinski definition) is 2. The van der Waals surface area contributed by atoms with Gasteiger partial charge >= 0.3 is 18.3 Å². The van der Waals surface area contributed by atoms with Gasteiger partial charge in [-0.25, -0.2) is 54.3 Å². The van der Waals surface area contributed by atoms with Crippen LogP contribution < -0.4 is 5.73 Å². The number of Topliss-reactive ketones (excluding diaryl/α,β-unsaturated/α-hetero) is 1. The Bertz CT molecular complexity index is 2870. The first kappa shape index (κ1) is 56.6.